The maximum Gasteiger partial charge on any atom is 0.136 e. The van der Waals surface area contributed by atoms with Crippen LogP contribution in [0.15, 0.2) is 156 Å². The van der Waals surface area contributed by atoms with Crippen LogP contribution in [0.1, 0.15) is 0 Å². The maximum absolute atomic E-state index is 6.34. The average molecular weight is 584 g/mol. The molecule has 11 rings (SSSR count). The number of fused-ring (bicyclic) bond motifs is 11. The van der Waals surface area contributed by atoms with Crippen LogP contribution in [0.25, 0.3) is 104 Å². The van der Waals surface area contributed by atoms with Crippen molar-refractivity contribution in [3.63, 3.8) is 0 Å². The van der Waals surface area contributed by atoms with Gasteiger partial charge in [0.05, 0.1) is 16.6 Å². The van der Waals surface area contributed by atoms with Crippen LogP contribution >= 0.6 is 0 Å². The summed E-state index contributed by atoms with van der Waals surface area (Å²) in [5.74, 6) is 0. The van der Waals surface area contributed by atoms with Crippen LogP contribution < -0.4 is 0 Å². The third kappa shape index (κ3) is 3.05. The lowest BCUT2D eigenvalue weighted by Gasteiger charge is -2.18. The van der Waals surface area contributed by atoms with Crippen LogP contribution in [0.4, 0.5) is 0 Å². The van der Waals surface area contributed by atoms with Gasteiger partial charge in [-0.05, 0) is 80.2 Å². The molecule has 8 aromatic carbocycles. The zero-order valence-electron chi connectivity index (χ0n) is 24.8. The second-order valence-electron chi connectivity index (χ2n) is 12.4. The molecule has 3 aromatic heterocycles. The molecule has 0 saturated heterocycles. The molecular formula is C44H25NO. The van der Waals surface area contributed by atoms with Gasteiger partial charge in [0.25, 0.3) is 0 Å². The first-order chi connectivity index (χ1) is 22.8. The summed E-state index contributed by atoms with van der Waals surface area (Å²) in [6, 6.07) is 55.3. The van der Waals surface area contributed by atoms with Crippen LogP contribution in [0.2, 0.25) is 0 Å². The standard InChI is InChI=1S/C44H25NO/c1-3-14-33-31(12-1)42(26-21-23-39-37(24-26)36-17-9-16-35-28-10-5-7-18-38(28)45(39)44(35)36)32-13-2-4-15-34(32)43(33)27-20-22-30-29-11-6-8-19-40(29)46-41(30)25-27/h1-25H. The molecule has 11 aromatic rings. The van der Waals surface area contributed by atoms with E-state index >= 15 is 0 Å². The van der Waals surface area contributed by atoms with Crippen molar-refractivity contribution in [3.05, 3.63) is 152 Å². The highest BCUT2D eigenvalue weighted by atomic mass is 16.3. The smallest absolute Gasteiger partial charge is 0.136 e. The lowest BCUT2D eigenvalue weighted by atomic mass is 9.85. The van der Waals surface area contributed by atoms with E-state index in [9.17, 15) is 0 Å². The second kappa shape index (κ2) is 8.74. The predicted octanol–water partition coefficient (Wildman–Crippen LogP) is 12.4. The van der Waals surface area contributed by atoms with E-state index in [4.69, 9.17) is 4.42 Å². The van der Waals surface area contributed by atoms with Gasteiger partial charge in [0.2, 0.25) is 0 Å². The van der Waals surface area contributed by atoms with Gasteiger partial charge in [0, 0.05) is 32.3 Å². The van der Waals surface area contributed by atoms with Crippen LogP contribution in [0, 0.1) is 0 Å². The van der Waals surface area contributed by atoms with Crippen molar-refractivity contribution in [1.29, 1.82) is 0 Å². The molecule has 3 heterocycles. The SMILES string of the molecule is c1ccc2c(c1)oc1cc(-c3c4ccccc4c(-c4ccc5c(c4)c4cccc6c7ccccc7n5c64)c4ccccc34)ccc12. The molecule has 0 radical (unpaired) electrons. The van der Waals surface area contributed by atoms with Gasteiger partial charge >= 0.3 is 0 Å². The Morgan fingerprint density at radius 3 is 1.54 bits per heavy atom. The van der Waals surface area contributed by atoms with Crippen molar-refractivity contribution in [2.45, 2.75) is 0 Å². The minimum Gasteiger partial charge on any atom is -0.456 e. The number of rotatable bonds is 2. The first kappa shape index (κ1) is 24.2. The van der Waals surface area contributed by atoms with Crippen molar-refractivity contribution in [2.75, 3.05) is 0 Å². The molecule has 0 N–H and O–H groups in total. The normalized spacial score (nSPS) is 12.3. The predicted molar refractivity (Wildman–Crippen MR) is 194 cm³/mol. The molecule has 0 bridgehead atoms. The highest BCUT2D eigenvalue weighted by Crippen LogP contribution is 2.46. The lowest BCUT2D eigenvalue weighted by Crippen LogP contribution is -1.91. The van der Waals surface area contributed by atoms with Crippen LogP contribution in [-0.4, -0.2) is 4.40 Å². The van der Waals surface area contributed by atoms with E-state index in [0.717, 1.165) is 27.5 Å². The van der Waals surface area contributed by atoms with Gasteiger partial charge in [-0.3, -0.25) is 0 Å². The zero-order chi connectivity index (χ0) is 29.9. The molecule has 0 spiro atoms. The summed E-state index contributed by atoms with van der Waals surface area (Å²) < 4.78 is 8.79. The van der Waals surface area contributed by atoms with Gasteiger partial charge in [0.1, 0.15) is 11.2 Å². The van der Waals surface area contributed by atoms with Gasteiger partial charge in [0.15, 0.2) is 0 Å². The summed E-state index contributed by atoms with van der Waals surface area (Å²) in [5, 5.41) is 12.5. The number of hydrogen-bond acceptors (Lipinski definition) is 1. The van der Waals surface area contributed by atoms with E-state index in [0.29, 0.717) is 0 Å². The Bertz CT molecular complexity index is 2970. The molecule has 0 fully saturated rings. The minimum absolute atomic E-state index is 0.917. The van der Waals surface area contributed by atoms with Crippen molar-refractivity contribution in [1.82, 2.24) is 4.40 Å². The van der Waals surface area contributed by atoms with Gasteiger partial charge in [-0.1, -0.05) is 115 Å². The molecule has 212 valence electrons. The first-order valence-corrected chi connectivity index (χ1v) is 15.9. The Morgan fingerprint density at radius 2 is 0.826 bits per heavy atom. The summed E-state index contributed by atoms with van der Waals surface area (Å²) in [6.45, 7) is 0. The molecular weight excluding hydrogens is 558 g/mol. The van der Waals surface area contributed by atoms with Crippen LogP contribution in [-0.2, 0) is 0 Å². The topological polar surface area (TPSA) is 17.6 Å². The van der Waals surface area contributed by atoms with Crippen LogP contribution in [0.5, 0.6) is 0 Å². The molecule has 0 aliphatic heterocycles. The zero-order valence-corrected chi connectivity index (χ0v) is 24.8. The van der Waals surface area contributed by atoms with Crippen molar-refractivity contribution in [3.8, 4) is 22.3 Å². The molecule has 46 heavy (non-hydrogen) atoms. The van der Waals surface area contributed by atoms with Crippen LogP contribution in [0.3, 0.4) is 0 Å². The van der Waals surface area contributed by atoms with E-state index in [1.54, 1.807) is 0 Å². The second-order valence-corrected chi connectivity index (χ2v) is 12.4. The van der Waals surface area contributed by atoms with Gasteiger partial charge in [-0.15, -0.1) is 0 Å². The summed E-state index contributed by atoms with van der Waals surface area (Å²) in [7, 11) is 0. The Kier molecular flexibility index (Phi) is 4.61. The maximum atomic E-state index is 6.34. The molecule has 0 unspecified atom stereocenters. The highest BCUT2D eigenvalue weighted by molar-refractivity contribution is 6.26. The molecule has 2 nitrogen and oxygen atoms in total. The quantitative estimate of drug-likeness (QED) is 0.185. The lowest BCUT2D eigenvalue weighted by molar-refractivity contribution is 0.669. The first-order valence-electron chi connectivity index (χ1n) is 15.9. The summed E-state index contributed by atoms with van der Waals surface area (Å²) in [6.07, 6.45) is 0. The van der Waals surface area contributed by atoms with Gasteiger partial charge < -0.3 is 8.82 Å². The molecule has 0 aliphatic rings. The Morgan fingerprint density at radius 1 is 0.326 bits per heavy atom. The molecule has 2 heteroatoms. The van der Waals surface area contributed by atoms with E-state index < -0.39 is 0 Å². The average Bonchev–Trinajstić information content (AvgIpc) is 3.77. The minimum atomic E-state index is 0.917. The third-order valence-corrected chi connectivity index (χ3v) is 10.1. The fourth-order valence-corrected chi connectivity index (χ4v) is 8.22. The summed E-state index contributed by atoms with van der Waals surface area (Å²) in [4.78, 5) is 0. The van der Waals surface area contributed by atoms with Crippen molar-refractivity contribution >= 4 is 81.6 Å². The highest BCUT2D eigenvalue weighted by Gasteiger charge is 2.20. The molecule has 0 aliphatic carbocycles. The van der Waals surface area contributed by atoms with E-state index in [2.05, 4.69) is 144 Å². The third-order valence-electron chi connectivity index (χ3n) is 10.1. The summed E-state index contributed by atoms with van der Waals surface area (Å²) in [5.41, 5.74) is 10.6. The van der Waals surface area contributed by atoms with Gasteiger partial charge in [-0.25, -0.2) is 0 Å². The number of benzene rings is 8. The number of furan rings is 1. The largest absolute Gasteiger partial charge is 0.456 e. The Labute approximate surface area is 263 Å². The van der Waals surface area contributed by atoms with E-state index in [1.807, 2.05) is 12.1 Å². The Balaban J connectivity index is 1.22. The van der Waals surface area contributed by atoms with E-state index in [1.165, 1.54) is 76.3 Å². The molecule has 0 atom stereocenters. The van der Waals surface area contributed by atoms with E-state index in [-0.39, 0.29) is 0 Å². The van der Waals surface area contributed by atoms with Crippen molar-refractivity contribution < 1.29 is 4.42 Å². The number of nitrogens with zero attached hydrogens (tertiary/aromatic N) is 1. The van der Waals surface area contributed by atoms with Crippen molar-refractivity contribution in [2.24, 2.45) is 0 Å². The number of hydrogen-bond donors (Lipinski definition) is 0. The number of para-hydroxylation sites is 3. The molecule has 0 amide bonds. The summed E-state index contributed by atoms with van der Waals surface area (Å²) >= 11 is 0. The molecule has 0 saturated carbocycles. The number of aromatic nitrogens is 1. The van der Waals surface area contributed by atoms with Gasteiger partial charge in [-0.2, -0.15) is 0 Å². The Hall–Kier alpha value is -6.12. The monoisotopic (exact) mass is 583 g/mol. The fourth-order valence-electron chi connectivity index (χ4n) is 8.22. The fraction of sp³-hybridized carbons (Fsp3) is 0.